The van der Waals surface area contributed by atoms with Crippen molar-refractivity contribution in [2.24, 2.45) is 0 Å². The maximum absolute atomic E-state index is 13.5. The Labute approximate surface area is 136 Å². The van der Waals surface area contributed by atoms with Crippen molar-refractivity contribution in [2.75, 3.05) is 18.5 Å². The molecule has 0 spiro atoms. The maximum Gasteiger partial charge on any atom is 0.325 e. The third-order valence-corrected chi connectivity index (χ3v) is 3.11. The summed E-state index contributed by atoms with van der Waals surface area (Å²) in [4.78, 5) is 19.4. The van der Waals surface area contributed by atoms with Crippen LogP contribution in [0.1, 0.15) is 6.92 Å². The molecule has 0 aliphatic carbocycles. The summed E-state index contributed by atoms with van der Waals surface area (Å²) in [5.41, 5.74) is 0.896. The van der Waals surface area contributed by atoms with Crippen LogP contribution in [0.4, 0.5) is 10.3 Å². The van der Waals surface area contributed by atoms with Crippen molar-refractivity contribution in [3.8, 4) is 11.3 Å². The van der Waals surface area contributed by atoms with Crippen LogP contribution in [-0.2, 0) is 9.53 Å². The highest BCUT2D eigenvalue weighted by Gasteiger charge is 2.09. The molecule has 1 aromatic carbocycles. The zero-order chi connectivity index (χ0) is 16.1. The lowest BCUT2D eigenvalue weighted by molar-refractivity contribution is -0.140. The lowest BCUT2D eigenvalue weighted by atomic mass is 10.1. The first kappa shape index (κ1) is 16.5. The lowest BCUT2D eigenvalue weighted by Crippen LogP contribution is -2.18. The molecule has 0 fully saturated rings. The van der Waals surface area contributed by atoms with Crippen LogP contribution >= 0.6 is 23.2 Å². The van der Waals surface area contributed by atoms with Gasteiger partial charge >= 0.3 is 5.97 Å². The van der Waals surface area contributed by atoms with Gasteiger partial charge in [-0.05, 0) is 19.1 Å². The fraction of sp³-hybridized carbons (Fsp3) is 0.214. The molecule has 2 aromatic rings. The number of halogens is 3. The first-order chi connectivity index (χ1) is 10.5. The number of hydrogen-bond donors (Lipinski definition) is 1. The minimum Gasteiger partial charge on any atom is -0.465 e. The van der Waals surface area contributed by atoms with Gasteiger partial charge in [-0.15, -0.1) is 0 Å². The molecule has 1 aromatic heterocycles. The van der Waals surface area contributed by atoms with E-state index in [2.05, 4.69) is 15.3 Å². The molecule has 116 valence electrons. The molecule has 0 aliphatic rings. The highest BCUT2D eigenvalue weighted by atomic mass is 35.5. The number of carbonyl (C=O) groups excluding carboxylic acids is 1. The van der Waals surface area contributed by atoms with E-state index < -0.39 is 11.8 Å². The number of rotatable bonds is 5. The topological polar surface area (TPSA) is 64.1 Å². The van der Waals surface area contributed by atoms with Crippen LogP contribution < -0.4 is 5.32 Å². The van der Waals surface area contributed by atoms with Crippen LogP contribution in [0.5, 0.6) is 0 Å². The molecule has 0 amide bonds. The maximum atomic E-state index is 13.5. The van der Waals surface area contributed by atoms with Crippen molar-refractivity contribution in [3.63, 3.8) is 0 Å². The van der Waals surface area contributed by atoms with E-state index in [0.717, 1.165) is 0 Å². The number of esters is 1. The number of nitrogens with zero attached hydrogens (tertiary/aromatic N) is 2. The van der Waals surface area contributed by atoms with E-state index in [4.69, 9.17) is 27.9 Å². The molecule has 0 unspecified atom stereocenters. The standard InChI is InChI=1S/C14H12Cl2FN3O2/c1-2-22-13(21)7-18-14-19-11(6-12(16)20-14)8-3-4-9(15)10(17)5-8/h3-6H,2,7H2,1H3,(H,18,19,20). The van der Waals surface area contributed by atoms with Gasteiger partial charge in [0.2, 0.25) is 5.95 Å². The van der Waals surface area contributed by atoms with Crippen LogP contribution in [0.25, 0.3) is 11.3 Å². The monoisotopic (exact) mass is 343 g/mol. The molecule has 22 heavy (non-hydrogen) atoms. The molecule has 0 radical (unpaired) electrons. The summed E-state index contributed by atoms with van der Waals surface area (Å²) < 4.78 is 18.3. The Morgan fingerprint density at radius 2 is 2.09 bits per heavy atom. The highest BCUT2D eigenvalue weighted by Crippen LogP contribution is 2.25. The van der Waals surface area contributed by atoms with Crippen LogP contribution in [0, 0.1) is 5.82 Å². The van der Waals surface area contributed by atoms with E-state index in [9.17, 15) is 9.18 Å². The number of carbonyl (C=O) groups is 1. The molecule has 8 heteroatoms. The Kier molecular flexibility index (Phi) is 5.51. The molecule has 0 aliphatic heterocycles. The van der Waals surface area contributed by atoms with E-state index in [1.165, 1.54) is 18.2 Å². The Morgan fingerprint density at radius 3 is 2.77 bits per heavy atom. The number of anilines is 1. The fourth-order valence-corrected chi connectivity index (χ4v) is 1.96. The van der Waals surface area contributed by atoms with Crippen LogP contribution in [0.15, 0.2) is 24.3 Å². The summed E-state index contributed by atoms with van der Waals surface area (Å²) in [5.74, 6) is -0.856. The predicted molar refractivity (Wildman–Crippen MR) is 82.6 cm³/mol. The number of aromatic nitrogens is 2. The van der Waals surface area contributed by atoms with Gasteiger partial charge in [0.25, 0.3) is 0 Å². The average Bonchev–Trinajstić information content (AvgIpc) is 2.48. The molecule has 0 saturated carbocycles. The summed E-state index contributed by atoms with van der Waals surface area (Å²) in [6.07, 6.45) is 0. The van der Waals surface area contributed by atoms with Gasteiger partial charge < -0.3 is 10.1 Å². The summed E-state index contributed by atoms with van der Waals surface area (Å²) >= 11 is 11.6. The van der Waals surface area contributed by atoms with Gasteiger partial charge in [0.15, 0.2) is 0 Å². The van der Waals surface area contributed by atoms with E-state index in [1.54, 1.807) is 13.0 Å². The SMILES string of the molecule is CCOC(=O)CNc1nc(Cl)cc(-c2ccc(Cl)c(F)c2)n1. The molecule has 1 N–H and O–H groups in total. The molecular weight excluding hydrogens is 332 g/mol. The van der Waals surface area contributed by atoms with Crippen molar-refractivity contribution in [1.29, 1.82) is 0 Å². The minimum atomic E-state index is -0.560. The highest BCUT2D eigenvalue weighted by molar-refractivity contribution is 6.31. The second-order valence-electron chi connectivity index (χ2n) is 4.19. The van der Waals surface area contributed by atoms with Gasteiger partial charge in [-0.25, -0.2) is 14.4 Å². The van der Waals surface area contributed by atoms with Crippen LogP contribution in [-0.4, -0.2) is 29.1 Å². The molecule has 0 bridgehead atoms. The Balaban J connectivity index is 2.22. The van der Waals surface area contributed by atoms with Gasteiger partial charge in [0.05, 0.1) is 17.3 Å². The zero-order valence-corrected chi connectivity index (χ0v) is 13.1. The normalized spacial score (nSPS) is 10.4. The molecule has 0 atom stereocenters. The molecule has 2 rings (SSSR count). The van der Waals surface area contributed by atoms with Crippen molar-refractivity contribution in [3.05, 3.63) is 40.3 Å². The first-order valence-electron chi connectivity index (χ1n) is 6.39. The second kappa shape index (κ2) is 7.38. The van der Waals surface area contributed by atoms with Crippen LogP contribution in [0.3, 0.4) is 0 Å². The van der Waals surface area contributed by atoms with Crippen molar-refractivity contribution < 1.29 is 13.9 Å². The number of nitrogens with one attached hydrogen (secondary N) is 1. The van der Waals surface area contributed by atoms with Gasteiger partial charge in [0, 0.05) is 11.6 Å². The third-order valence-electron chi connectivity index (χ3n) is 2.61. The molecular formula is C14H12Cl2FN3O2. The van der Waals surface area contributed by atoms with E-state index >= 15 is 0 Å². The first-order valence-corrected chi connectivity index (χ1v) is 7.14. The van der Waals surface area contributed by atoms with E-state index in [1.807, 2.05) is 0 Å². The summed E-state index contributed by atoms with van der Waals surface area (Å²) in [6, 6.07) is 5.77. The van der Waals surface area contributed by atoms with Crippen LogP contribution in [0.2, 0.25) is 10.2 Å². The number of hydrogen-bond acceptors (Lipinski definition) is 5. The predicted octanol–water partition coefficient (Wildman–Crippen LogP) is 3.56. The average molecular weight is 344 g/mol. The fourth-order valence-electron chi connectivity index (χ4n) is 1.66. The summed E-state index contributed by atoms with van der Waals surface area (Å²) in [6.45, 7) is 1.90. The Morgan fingerprint density at radius 1 is 1.32 bits per heavy atom. The van der Waals surface area contributed by atoms with E-state index in [0.29, 0.717) is 11.3 Å². The van der Waals surface area contributed by atoms with Crippen molar-refractivity contribution >= 4 is 35.1 Å². The Hall–Kier alpha value is -1.92. The second-order valence-corrected chi connectivity index (χ2v) is 4.98. The number of benzene rings is 1. The summed E-state index contributed by atoms with van der Waals surface area (Å²) in [5, 5.41) is 2.88. The molecule has 1 heterocycles. The zero-order valence-electron chi connectivity index (χ0n) is 11.6. The van der Waals surface area contributed by atoms with Gasteiger partial charge in [-0.1, -0.05) is 29.3 Å². The van der Waals surface area contributed by atoms with Gasteiger partial charge in [-0.2, -0.15) is 0 Å². The quantitative estimate of drug-likeness (QED) is 0.664. The third kappa shape index (κ3) is 4.29. The van der Waals surface area contributed by atoms with Gasteiger partial charge in [-0.3, -0.25) is 4.79 Å². The van der Waals surface area contributed by atoms with Crippen molar-refractivity contribution in [1.82, 2.24) is 9.97 Å². The largest absolute Gasteiger partial charge is 0.465 e. The molecule has 0 saturated heterocycles. The number of ether oxygens (including phenoxy) is 1. The smallest absolute Gasteiger partial charge is 0.325 e. The van der Waals surface area contributed by atoms with Gasteiger partial charge in [0.1, 0.15) is 17.5 Å². The van der Waals surface area contributed by atoms with Crippen molar-refractivity contribution in [2.45, 2.75) is 6.92 Å². The van der Waals surface area contributed by atoms with E-state index in [-0.39, 0.29) is 29.3 Å². The minimum absolute atomic E-state index is 0.0181. The lowest BCUT2D eigenvalue weighted by Gasteiger charge is -2.08. The Bertz CT molecular complexity index is 698. The summed E-state index contributed by atoms with van der Waals surface area (Å²) in [7, 11) is 0. The molecule has 5 nitrogen and oxygen atoms in total.